The minimum Gasteiger partial charge on any atom is -0.495 e. The van der Waals surface area contributed by atoms with Crippen LogP contribution in [-0.4, -0.2) is 83.5 Å². The SMILES string of the molecule is COc1cc(/C=C2\N=C3N(CCN(C)C)CCCN3C2=O)ccc1-n1cnc(C)c1. The summed E-state index contributed by atoms with van der Waals surface area (Å²) in [6.45, 7) is 5.37. The number of imidazole rings is 1. The molecule has 1 aromatic carbocycles. The number of hydrogen-bond donors (Lipinski definition) is 0. The van der Waals surface area contributed by atoms with E-state index in [1.54, 1.807) is 18.3 Å². The number of amides is 1. The number of benzene rings is 1. The van der Waals surface area contributed by atoms with E-state index in [1.807, 2.05) is 42.0 Å². The highest BCUT2D eigenvalue weighted by molar-refractivity contribution is 6.13. The summed E-state index contributed by atoms with van der Waals surface area (Å²) < 4.78 is 7.51. The predicted octanol–water partition coefficient (Wildman–Crippen LogP) is 2.00. The van der Waals surface area contributed by atoms with Gasteiger partial charge in [-0.15, -0.1) is 0 Å². The van der Waals surface area contributed by atoms with Crippen LogP contribution in [0.5, 0.6) is 5.75 Å². The van der Waals surface area contributed by atoms with Crippen molar-refractivity contribution in [3.05, 3.63) is 47.7 Å². The number of likely N-dealkylation sites (N-methyl/N-ethyl adjacent to an activating group) is 1. The Bertz CT molecular complexity index is 1010. The largest absolute Gasteiger partial charge is 0.495 e. The molecule has 1 amide bonds. The summed E-state index contributed by atoms with van der Waals surface area (Å²) in [6.07, 6.45) is 6.50. The van der Waals surface area contributed by atoms with Crippen LogP contribution in [0, 0.1) is 6.92 Å². The van der Waals surface area contributed by atoms with Crippen LogP contribution in [0.3, 0.4) is 0 Å². The minimum absolute atomic E-state index is 0.0344. The summed E-state index contributed by atoms with van der Waals surface area (Å²) >= 11 is 0. The van der Waals surface area contributed by atoms with E-state index in [4.69, 9.17) is 9.73 Å². The number of methoxy groups -OCH3 is 1. The van der Waals surface area contributed by atoms with Crippen molar-refractivity contribution in [2.45, 2.75) is 13.3 Å². The zero-order chi connectivity index (χ0) is 21.3. The summed E-state index contributed by atoms with van der Waals surface area (Å²) in [5.74, 6) is 1.45. The van der Waals surface area contributed by atoms with Crippen LogP contribution in [0.4, 0.5) is 0 Å². The lowest BCUT2D eigenvalue weighted by atomic mass is 10.1. The van der Waals surface area contributed by atoms with Crippen LogP contribution in [-0.2, 0) is 4.79 Å². The molecular weight excluding hydrogens is 380 g/mol. The Labute approximate surface area is 177 Å². The van der Waals surface area contributed by atoms with E-state index in [-0.39, 0.29) is 5.91 Å². The molecule has 0 spiro atoms. The van der Waals surface area contributed by atoms with Crippen molar-refractivity contribution in [2.24, 2.45) is 4.99 Å². The molecule has 0 atom stereocenters. The van der Waals surface area contributed by atoms with E-state index in [0.29, 0.717) is 11.4 Å². The number of ether oxygens (including phenoxy) is 1. The third-order valence-corrected chi connectivity index (χ3v) is 5.33. The molecule has 2 aliphatic rings. The predicted molar refractivity (Wildman–Crippen MR) is 117 cm³/mol. The second kappa shape index (κ2) is 8.31. The van der Waals surface area contributed by atoms with Crippen LogP contribution in [0.2, 0.25) is 0 Å². The molecule has 0 saturated carbocycles. The van der Waals surface area contributed by atoms with Crippen molar-refractivity contribution in [2.75, 3.05) is 47.4 Å². The molecule has 1 aromatic heterocycles. The van der Waals surface area contributed by atoms with Gasteiger partial charge in [-0.05, 0) is 51.2 Å². The van der Waals surface area contributed by atoms with Crippen molar-refractivity contribution in [3.63, 3.8) is 0 Å². The summed E-state index contributed by atoms with van der Waals surface area (Å²) in [5, 5.41) is 0. The zero-order valence-corrected chi connectivity index (χ0v) is 18.0. The first-order valence-corrected chi connectivity index (χ1v) is 10.2. The molecule has 4 rings (SSSR count). The summed E-state index contributed by atoms with van der Waals surface area (Å²) in [6, 6.07) is 5.86. The Morgan fingerprint density at radius 3 is 2.80 bits per heavy atom. The molecule has 2 aliphatic heterocycles. The maximum absolute atomic E-state index is 12.9. The molecular formula is C22H28N6O2. The number of nitrogens with zero attached hydrogens (tertiary/aromatic N) is 6. The lowest BCUT2D eigenvalue weighted by molar-refractivity contribution is -0.123. The molecule has 0 radical (unpaired) electrons. The number of guanidine groups is 1. The second-order valence-corrected chi connectivity index (χ2v) is 7.90. The van der Waals surface area contributed by atoms with Gasteiger partial charge in [0.2, 0.25) is 5.96 Å². The molecule has 158 valence electrons. The highest BCUT2D eigenvalue weighted by Gasteiger charge is 2.35. The van der Waals surface area contributed by atoms with E-state index < -0.39 is 0 Å². The van der Waals surface area contributed by atoms with Crippen LogP contribution >= 0.6 is 0 Å². The molecule has 1 fully saturated rings. The van der Waals surface area contributed by atoms with E-state index in [0.717, 1.165) is 55.5 Å². The van der Waals surface area contributed by atoms with Crippen LogP contribution in [0.25, 0.3) is 11.8 Å². The van der Waals surface area contributed by atoms with E-state index >= 15 is 0 Å². The molecule has 0 aliphatic carbocycles. The molecule has 0 N–H and O–H groups in total. The Morgan fingerprint density at radius 1 is 1.27 bits per heavy atom. The Kier molecular flexibility index (Phi) is 5.59. The monoisotopic (exact) mass is 408 g/mol. The molecule has 8 nitrogen and oxygen atoms in total. The van der Waals surface area contributed by atoms with Gasteiger partial charge in [-0.25, -0.2) is 9.98 Å². The van der Waals surface area contributed by atoms with Crippen molar-refractivity contribution in [3.8, 4) is 11.4 Å². The van der Waals surface area contributed by atoms with Gasteiger partial charge in [0, 0.05) is 32.4 Å². The Morgan fingerprint density at radius 2 is 2.10 bits per heavy atom. The van der Waals surface area contributed by atoms with Crippen molar-refractivity contribution in [1.29, 1.82) is 0 Å². The van der Waals surface area contributed by atoms with Gasteiger partial charge >= 0.3 is 0 Å². The fraction of sp³-hybridized carbons (Fsp3) is 0.409. The van der Waals surface area contributed by atoms with Crippen LogP contribution in [0.15, 0.2) is 41.4 Å². The first-order valence-electron chi connectivity index (χ1n) is 10.2. The summed E-state index contributed by atoms with van der Waals surface area (Å²) in [7, 11) is 5.75. The third kappa shape index (κ3) is 3.95. The number of aliphatic imine (C=N–C) groups is 1. The van der Waals surface area contributed by atoms with Crippen LogP contribution < -0.4 is 4.74 Å². The van der Waals surface area contributed by atoms with Gasteiger partial charge in [0.15, 0.2) is 0 Å². The molecule has 3 heterocycles. The average Bonchev–Trinajstić information content (AvgIpc) is 3.30. The zero-order valence-electron chi connectivity index (χ0n) is 18.0. The Hall–Kier alpha value is -3.13. The normalized spacial score (nSPS) is 17.7. The lowest BCUT2D eigenvalue weighted by Gasteiger charge is -2.35. The number of carbonyl (C=O) groups is 1. The topological polar surface area (TPSA) is 66.2 Å². The minimum atomic E-state index is -0.0344. The van der Waals surface area contributed by atoms with Gasteiger partial charge in [0.1, 0.15) is 11.4 Å². The van der Waals surface area contributed by atoms with Crippen molar-refractivity contribution >= 4 is 17.9 Å². The number of rotatable bonds is 6. The van der Waals surface area contributed by atoms with Crippen LogP contribution in [0.1, 0.15) is 17.7 Å². The van der Waals surface area contributed by atoms with Crippen molar-refractivity contribution in [1.82, 2.24) is 24.3 Å². The van der Waals surface area contributed by atoms with E-state index in [1.165, 1.54) is 0 Å². The van der Waals surface area contributed by atoms with E-state index in [2.05, 4.69) is 28.9 Å². The number of fused-ring (bicyclic) bond motifs is 1. The number of aromatic nitrogens is 2. The van der Waals surface area contributed by atoms with Gasteiger partial charge in [0.25, 0.3) is 5.91 Å². The highest BCUT2D eigenvalue weighted by Crippen LogP contribution is 2.28. The highest BCUT2D eigenvalue weighted by atomic mass is 16.5. The number of carbonyl (C=O) groups excluding carboxylic acids is 1. The molecule has 0 unspecified atom stereocenters. The molecule has 2 aromatic rings. The fourth-order valence-electron chi connectivity index (χ4n) is 3.74. The summed E-state index contributed by atoms with van der Waals surface area (Å²) in [4.78, 5) is 28.0. The van der Waals surface area contributed by atoms with E-state index in [9.17, 15) is 4.79 Å². The molecule has 8 heteroatoms. The number of hydrogen-bond acceptors (Lipinski definition) is 6. The molecule has 30 heavy (non-hydrogen) atoms. The van der Waals surface area contributed by atoms with Gasteiger partial charge in [0.05, 0.1) is 24.8 Å². The summed E-state index contributed by atoms with van der Waals surface area (Å²) in [5.41, 5.74) is 3.18. The molecule has 0 bridgehead atoms. The molecule has 1 saturated heterocycles. The third-order valence-electron chi connectivity index (χ3n) is 5.33. The van der Waals surface area contributed by atoms with Gasteiger partial charge in [-0.1, -0.05) is 6.07 Å². The quantitative estimate of drug-likeness (QED) is 0.684. The Balaban J connectivity index is 1.62. The second-order valence-electron chi connectivity index (χ2n) is 7.90. The fourth-order valence-corrected chi connectivity index (χ4v) is 3.74. The van der Waals surface area contributed by atoms with Gasteiger partial charge in [-0.2, -0.15) is 0 Å². The first-order chi connectivity index (χ1) is 14.5. The standard InChI is InChI=1S/C22H28N6O2/c1-16-14-27(15-23-16)19-7-6-17(13-20(19)30-4)12-18-21(29)28-9-5-8-26(22(28)24-18)11-10-25(2)3/h6-7,12-15H,5,8-11H2,1-4H3/b18-12-. The van der Waals surface area contributed by atoms with Gasteiger partial charge in [-0.3, -0.25) is 9.69 Å². The maximum Gasteiger partial charge on any atom is 0.279 e. The lowest BCUT2D eigenvalue weighted by Crippen LogP contribution is -2.51. The average molecular weight is 409 g/mol. The van der Waals surface area contributed by atoms with Gasteiger partial charge < -0.3 is 19.1 Å². The number of aryl methyl sites for hydroxylation is 1. The smallest absolute Gasteiger partial charge is 0.279 e. The first kappa shape index (κ1) is 20.2. The maximum atomic E-state index is 12.9. The van der Waals surface area contributed by atoms with Crippen molar-refractivity contribution < 1.29 is 9.53 Å².